The standard InChI is InChI=1S/C18H27Cl2N3O2/c1-2-24-9-3-8-22-17(21)23-13-18(6-10-25-11-7-18)15-5-4-14(19)12-16(15)20/h4-5,12H,2-3,6-11,13H2,1H3,(H3,21,22,23). The van der Waals surface area contributed by atoms with Crippen LogP contribution in [-0.4, -0.2) is 45.5 Å². The minimum atomic E-state index is -0.169. The Morgan fingerprint density at radius 3 is 2.80 bits per heavy atom. The van der Waals surface area contributed by atoms with Gasteiger partial charge in [0.05, 0.1) is 6.54 Å². The van der Waals surface area contributed by atoms with Crippen LogP contribution in [0.2, 0.25) is 10.0 Å². The van der Waals surface area contributed by atoms with Gasteiger partial charge in [-0.05, 0) is 43.9 Å². The molecule has 140 valence electrons. The Balaban J connectivity index is 2.03. The van der Waals surface area contributed by atoms with E-state index in [0.29, 0.717) is 35.8 Å². The molecule has 1 saturated heterocycles. The van der Waals surface area contributed by atoms with Crippen LogP contribution in [0, 0.1) is 0 Å². The highest BCUT2D eigenvalue weighted by Crippen LogP contribution is 2.39. The number of nitrogens with zero attached hydrogens (tertiary/aromatic N) is 1. The monoisotopic (exact) mass is 387 g/mol. The summed E-state index contributed by atoms with van der Waals surface area (Å²) >= 11 is 12.5. The highest BCUT2D eigenvalue weighted by Gasteiger charge is 2.36. The fraction of sp³-hybridized carbons (Fsp3) is 0.611. The van der Waals surface area contributed by atoms with Crippen LogP contribution in [0.4, 0.5) is 0 Å². The molecule has 1 aromatic rings. The van der Waals surface area contributed by atoms with Gasteiger partial charge < -0.3 is 20.5 Å². The lowest BCUT2D eigenvalue weighted by molar-refractivity contribution is 0.0531. The number of guanidine groups is 1. The molecular formula is C18H27Cl2N3O2. The lowest BCUT2D eigenvalue weighted by atomic mass is 9.74. The molecule has 1 aliphatic rings. The highest BCUT2D eigenvalue weighted by molar-refractivity contribution is 6.35. The first-order chi connectivity index (χ1) is 12.1. The van der Waals surface area contributed by atoms with E-state index in [1.54, 1.807) is 6.07 Å². The highest BCUT2D eigenvalue weighted by atomic mass is 35.5. The van der Waals surface area contributed by atoms with Crippen molar-refractivity contribution >= 4 is 29.2 Å². The van der Waals surface area contributed by atoms with Crippen LogP contribution in [0.15, 0.2) is 23.2 Å². The van der Waals surface area contributed by atoms with Crippen LogP contribution >= 0.6 is 23.2 Å². The van der Waals surface area contributed by atoms with Crippen LogP contribution in [0.1, 0.15) is 31.7 Å². The van der Waals surface area contributed by atoms with E-state index < -0.39 is 0 Å². The van der Waals surface area contributed by atoms with Gasteiger partial charge >= 0.3 is 0 Å². The van der Waals surface area contributed by atoms with E-state index in [-0.39, 0.29) is 5.41 Å². The van der Waals surface area contributed by atoms with Gasteiger partial charge in [0.1, 0.15) is 0 Å². The molecule has 1 heterocycles. The summed E-state index contributed by atoms with van der Waals surface area (Å²) in [4.78, 5) is 4.57. The van der Waals surface area contributed by atoms with Gasteiger partial charge in [0.15, 0.2) is 5.96 Å². The van der Waals surface area contributed by atoms with Crippen molar-refractivity contribution in [2.24, 2.45) is 10.7 Å². The Morgan fingerprint density at radius 1 is 1.36 bits per heavy atom. The van der Waals surface area contributed by atoms with Gasteiger partial charge in [0.25, 0.3) is 0 Å². The first-order valence-electron chi connectivity index (χ1n) is 8.72. The largest absolute Gasteiger partial charge is 0.382 e. The Kier molecular flexibility index (Phi) is 8.30. The summed E-state index contributed by atoms with van der Waals surface area (Å²) in [7, 11) is 0. The van der Waals surface area contributed by atoms with Crippen molar-refractivity contribution in [2.45, 2.75) is 31.6 Å². The fourth-order valence-electron chi connectivity index (χ4n) is 3.02. The van der Waals surface area contributed by atoms with Crippen molar-refractivity contribution < 1.29 is 9.47 Å². The van der Waals surface area contributed by atoms with Gasteiger partial charge in [-0.3, -0.25) is 4.99 Å². The second kappa shape index (κ2) is 10.2. The zero-order chi connectivity index (χ0) is 18.1. The van der Waals surface area contributed by atoms with Crippen molar-refractivity contribution in [1.82, 2.24) is 5.32 Å². The lowest BCUT2D eigenvalue weighted by Gasteiger charge is -2.37. The maximum absolute atomic E-state index is 6.47. The van der Waals surface area contributed by atoms with Crippen molar-refractivity contribution in [1.29, 1.82) is 0 Å². The average Bonchev–Trinajstić information content (AvgIpc) is 2.60. The molecule has 0 aromatic heterocycles. The van der Waals surface area contributed by atoms with E-state index in [2.05, 4.69) is 10.3 Å². The Bertz CT molecular complexity index is 575. The quantitative estimate of drug-likeness (QED) is 0.407. The molecule has 25 heavy (non-hydrogen) atoms. The molecule has 0 bridgehead atoms. The van der Waals surface area contributed by atoms with E-state index in [1.165, 1.54) is 0 Å². The first-order valence-corrected chi connectivity index (χ1v) is 9.48. The minimum absolute atomic E-state index is 0.169. The molecule has 1 aromatic carbocycles. The normalized spacial score (nSPS) is 17.5. The molecule has 0 radical (unpaired) electrons. The van der Waals surface area contributed by atoms with Crippen molar-refractivity contribution in [3.63, 3.8) is 0 Å². The van der Waals surface area contributed by atoms with Gasteiger partial charge in [-0.2, -0.15) is 0 Å². The Hall–Kier alpha value is -1.01. The van der Waals surface area contributed by atoms with Gasteiger partial charge in [-0.15, -0.1) is 0 Å². The van der Waals surface area contributed by atoms with Gasteiger partial charge in [-0.1, -0.05) is 29.3 Å². The third-order valence-electron chi connectivity index (χ3n) is 4.48. The van der Waals surface area contributed by atoms with Gasteiger partial charge in [-0.25, -0.2) is 0 Å². The molecule has 1 aliphatic heterocycles. The SMILES string of the molecule is CCOCCCNC(N)=NCC1(c2ccc(Cl)cc2Cl)CCOCC1. The number of nitrogens with one attached hydrogen (secondary N) is 1. The van der Waals surface area contributed by atoms with E-state index >= 15 is 0 Å². The van der Waals surface area contributed by atoms with E-state index in [9.17, 15) is 0 Å². The molecule has 3 N–H and O–H groups in total. The number of rotatable bonds is 8. The van der Waals surface area contributed by atoms with Crippen LogP contribution in [0.3, 0.4) is 0 Å². The van der Waals surface area contributed by atoms with E-state index in [4.69, 9.17) is 38.4 Å². The van der Waals surface area contributed by atoms with Crippen LogP contribution in [-0.2, 0) is 14.9 Å². The molecule has 0 amide bonds. The van der Waals surface area contributed by atoms with Gasteiger partial charge in [0.2, 0.25) is 0 Å². The summed E-state index contributed by atoms with van der Waals surface area (Å²) in [5.74, 6) is 0.451. The second-order valence-corrected chi connectivity index (χ2v) is 7.04. The summed E-state index contributed by atoms with van der Waals surface area (Å²) in [6.45, 7) is 6.13. The van der Waals surface area contributed by atoms with Crippen molar-refractivity contribution in [3.8, 4) is 0 Å². The summed E-state index contributed by atoms with van der Waals surface area (Å²) in [6.07, 6.45) is 2.61. The predicted octanol–water partition coefficient (Wildman–Crippen LogP) is 3.37. The number of hydrogen-bond donors (Lipinski definition) is 2. The Labute approximate surface area is 159 Å². The van der Waals surface area contributed by atoms with Crippen LogP contribution in [0.25, 0.3) is 0 Å². The van der Waals surface area contributed by atoms with E-state index in [0.717, 1.165) is 44.6 Å². The predicted molar refractivity (Wildman–Crippen MR) is 104 cm³/mol. The smallest absolute Gasteiger partial charge is 0.188 e. The van der Waals surface area contributed by atoms with Gasteiger partial charge in [0, 0.05) is 48.4 Å². The second-order valence-electron chi connectivity index (χ2n) is 6.20. The van der Waals surface area contributed by atoms with Crippen molar-refractivity contribution in [3.05, 3.63) is 33.8 Å². The van der Waals surface area contributed by atoms with E-state index in [1.807, 2.05) is 19.1 Å². The van der Waals surface area contributed by atoms with Crippen LogP contribution < -0.4 is 11.1 Å². The molecule has 7 heteroatoms. The summed E-state index contributed by atoms with van der Waals surface area (Å²) in [6, 6.07) is 5.66. The maximum Gasteiger partial charge on any atom is 0.188 e. The molecule has 0 atom stereocenters. The third-order valence-corrected chi connectivity index (χ3v) is 5.03. The lowest BCUT2D eigenvalue weighted by Crippen LogP contribution is -2.39. The molecule has 0 saturated carbocycles. The summed E-state index contributed by atoms with van der Waals surface area (Å²) < 4.78 is 10.8. The fourth-order valence-corrected chi connectivity index (χ4v) is 3.63. The molecule has 0 unspecified atom stereocenters. The number of nitrogens with two attached hydrogens (primary N) is 1. The zero-order valence-corrected chi connectivity index (χ0v) is 16.2. The average molecular weight is 388 g/mol. The topological polar surface area (TPSA) is 68.9 Å². The number of benzene rings is 1. The molecular weight excluding hydrogens is 361 g/mol. The number of hydrogen-bond acceptors (Lipinski definition) is 3. The molecule has 2 rings (SSSR count). The first kappa shape index (κ1) is 20.3. The summed E-state index contributed by atoms with van der Waals surface area (Å²) in [5, 5.41) is 4.44. The molecule has 1 fully saturated rings. The number of aliphatic imine (C=N–C) groups is 1. The molecule has 0 aliphatic carbocycles. The van der Waals surface area contributed by atoms with Crippen LogP contribution in [0.5, 0.6) is 0 Å². The minimum Gasteiger partial charge on any atom is -0.382 e. The maximum atomic E-state index is 6.47. The number of ether oxygens (including phenoxy) is 2. The Morgan fingerprint density at radius 2 is 2.12 bits per heavy atom. The zero-order valence-electron chi connectivity index (χ0n) is 14.7. The summed E-state index contributed by atoms with van der Waals surface area (Å²) in [5.41, 5.74) is 6.91. The third kappa shape index (κ3) is 6.03. The van der Waals surface area contributed by atoms with Crippen molar-refractivity contribution in [2.75, 3.05) is 39.5 Å². The molecule has 5 nitrogen and oxygen atoms in total. The number of halogens is 2. The molecule has 0 spiro atoms.